The van der Waals surface area contributed by atoms with E-state index < -0.39 is 0 Å². The summed E-state index contributed by atoms with van der Waals surface area (Å²) in [5.41, 5.74) is 2.67. The molecule has 0 aliphatic heterocycles. The third-order valence-corrected chi connectivity index (χ3v) is 5.78. The molecule has 0 atom stereocenters. The molecule has 3 rings (SSSR count). The Bertz CT molecular complexity index is 931. The lowest BCUT2D eigenvalue weighted by atomic mass is 10.0. The van der Waals surface area contributed by atoms with Crippen LogP contribution in [-0.4, -0.2) is 12.6 Å². The monoisotopic (exact) mass is 444 g/mol. The summed E-state index contributed by atoms with van der Waals surface area (Å²) in [4.78, 5) is 12.3. The van der Waals surface area contributed by atoms with Crippen LogP contribution in [0.5, 0.6) is 11.5 Å². The fourth-order valence-corrected chi connectivity index (χ4v) is 3.80. The normalized spacial score (nSPS) is 10.7. The first-order valence-electron chi connectivity index (χ1n) is 12.4. The average molecular weight is 445 g/mol. The van der Waals surface area contributed by atoms with Gasteiger partial charge in [-0.05, 0) is 53.9 Å². The molecule has 0 heterocycles. The van der Waals surface area contributed by atoms with E-state index in [0.717, 1.165) is 29.9 Å². The summed E-state index contributed by atoms with van der Waals surface area (Å²) in [5.74, 6) is 1.10. The van der Waals surface area contributed by atoms with Crippen molar-refractivity contribution in [3.8, 4) is 22.6 Å². The Morgan fingerprint density at radius 1 is 0.606 bits per heavy atom. The van der Waals surface area contributed by atoms with Crippen LogP contribution in [0.4, 0.5) is 0 Å². The fraction of sp³-hybridized carbons (Fsp3) is 0.367. The third-order valence-electron chi connectivity index (χ3n) is 5.78. The minimum Gasteiger partial charge on any atom is -0.494 e. The summed E-state index contributed by atoms with van der Waals surface area (Å²) in [6.07, 6.45) is 11.8. The van der Waals surface area contributed by atoms with Gasteiger partial charge >= 0.3 is 5.97 Å². The van der Waals surface area contributed by atoms with Gasteiger partial charge in [-0.2, -0.15) is 0 Å². The maximum absolute atomic E-state index is 12.3. The second kappa shape index (κ2) is 14.2. The maximum atomic E-state index is 12.3. The highest BCUT2D eigenvalue weighted by atomic mass is 16.5. The second-order valence-corrected chi connectivity index (χ2v) is 8.48. The molecule has 0 N–H and O–H groups in total. The van der Waals surface area contributed by atoms with Crippen molar-refractivity contribution in [1.29, 1.82) is 0 Å². The molecular weight excluding hydrogens is 408 g/mol. The van der Waals surface area contributed by atoms with E-state index in [0.29, 0.717) is 11.3 Å². The highest BCUT2D eigenvalue weighted by Gasteiger charge is 2.09. The molecule has 0 spiro atoms. The van der Waals surface area contributed by atoms with Gasteiger partial charge in [-0.3, -0.25) is 0 Å². The summed E-state index contributed by atoms with van der Waals surface area (Å²) in [6, 6.07) is 24.7. The SMILES string of the molecule is CCCCCCCCCCCOc1ccc(-c2ccc(C(=O)Oc3ccccc3)cc2)cc1. The highest BCUT2D eigenvalue weighted by molar-refractivity contribution is 5.91. The summed E-state index contributed by atoms with van der Waals surface area (Å²) in [7, 11) is 0. The number of rotatable bonds is 14. The number of esters is 1. The maximum Gasteiger partial charge on any atom is 0.343 e. The van der Waals surface area contributed by atoms with E-state index in [9.17, 15) is 4.79 Å². The molecule has 0 saturated heterocycles. The van der Waals surface area contributed by atoms with Crippen LogP contribution < -0.4 is 9.47 Å². The van der Waals surface area contributed by atoms with Crippen molar-refractivity contribution in [3.63, 3.8) is 0 Å². The molecule has 3 nitrogen and oxygen atoms in total. The Morgan fingerprint density at radius 2 is 1.15 bits per heavy atom. The van der Waals surface area contributed by atoms with E-state index >= 15 is 0 Å². The molecule has 3 aromatic rings. The number of carbonyl (C=O) groups excluding carboxylic acids is 1. The third kappa shape index (κ3) is 8.76. The molecule has 0 saturated carbocycles. The molecule has 0 aliphatic rings. The predicted octanol–water partition coefficient (Wildman–Crippen LogP) is 8.48. The quantitative estimate of drug-likeness (QED) is 0.142. The number of para-hydroxylation sites is 1. The number of hydrogen-bond acceptors (Lipinski definition) is 3. The first-order valence-corrected chi connectivity index (χ1v) is 12.4. The molecule has 0 aliphatic carbocycles. The van der Waals surface area contributed by atoms with Gasteiger partial charge in [0.2, 0.25) is 0 Å². The Kier molecular flexibility index (Phi) is 10.5. The lowest BCUT2D eigenvalue weighted by molar-refractivity contribution is 0.0735. The second-order valence-electron chi connectivity index (χ2n) is 8.48. The van der Waals surface area contributed by atoms with Gasteiger partial charge in [0.15, 0.2) is 0 Å². The molecule has 3 aromatic carbocycles. The minimum absolute atomic E-state index is 0.354. The standard InChI is InChI=1S/C30H36O3/c1-2-3-4-5-6-7-8-9-13-24-32-28-22-20-26(21-23-28)25-16-18-27(19-17-25)30(31)33-29-14-11-10-12-15-29/h10-12,14-23H,2-9,13,24H2,1H3. The van der Waals surface area contributed by atoms with Crippen molar-refractivity contribution >= 4 is 5.97 Å². The fourth-order valence-electron chi connectivity index (χ4n) is 3.80. The summed E-state index contributed by atoms with van der Waals surface area (Å²) in [6.45, 7) is 3.03. The zero-order chi connectivity index (χ0) is 23.1. The Hall–Kier alpha value is -3.07. The van der Waals surface area contributed by atoms with Crippen LogP contribution in [0.25, 0.3) is 11.1 Å². The summed E-state index contributed by atoms with van der Waals surface area (Å²) >= 11 is 0. The molecule has 3 heteroatoms. The smallest absolute Gasteiger partial charge is 0.343 e. The molecule has 0 bridgehead atoms. The Labute approximate surface area is 198 Å². The first-order chi connectivity index (χ1) is 16.3. The predicted molar refractivity (Wildman–Crippen MR) is 136 cm³/mol. The van der Waals surface area contributed by atoms with E-state index in [2.05, 4.69) is 19.1 Å². The molecule has 0 unspecified atom stereocenters. The van der Waals surface area contributed by atoms with E-state index in [1.54, 1.807) is 24.3 Å². The van der Waals surface area contributed by atoms with E-state index in [-0.39, 0.29) is 5.97 Å². The van der Waals surface area contributed by atoms with Gasteiger partial charge in [0.1, 0.15) is 11.5 Å². The van der Waals surface area contributed by atoms with Gasteiger partial charge in [0.25, 0.3) is 0 Å². The van der Waals surface area contributed by atoms with Crippen LogP contribution in [0.2, 0.25) is 0 Å². The van der Waals surface area contributed by atoms with E-state index in [4.69, 9.17) is 9.47 Å². The van der Waals surface area contributed by atoms with Crippen LogP contribution in [0.1, 0.15) is 75.1 Å². The van der Waals surface area contributed by atoms with Crippen LogP contribution in [-0.2, 0) is 0 Å². The van der Waals surface area contributed by atoms with Gasteiger partial charge < -0.3 is 9.47 Å². The summed E-state index contributed by atoms with van der Waals surface area (Å²) < 4.78 is 11.3. The van der Waals surface area contributed by atoms with E-state index in [1.165, 1.54) is 51.4 Å². The molecule has 33 heavy (non-hydrogen) atoms. The van der Waals surface area contributed by atoms with Crippen molar-refractivity contribution < 1.29 is 14.3 Å². The molecular formula is C30H36O3. The minimum atomic E-state index is -0.354. The van der Waals surface area contributed by atoms with Gasteiger partial charge in [0.05, 0.1) is 12.2 Å². The van der Waals surface area contributed by atoms with Gasteiger partial charge in [-0.25, -0.2) is 4.79 Å². The molecule has 0 fully saturated rings. The van der Waals surface area contributed by atoms with Crippen molar-refractivity contribution in [3.05, 3.63) is 84.4 Å². The van der Waals surface area contributed by atoms with E-state index in [1.807, 2.05) is 42.5 Å². The van der Waals surface area contributed by atoms with Crippen molar-refractivity contribution in [1.82, 2.24) is 0 Å². The largest absolute Gasteiger partial charge is 0.494 e. The van der Waals surface area contributed by atoms with Crippen LogP contribution >= 0.6 is 0 Å². The van der Waals surface area contributed by atoms with Crippen LogP contribution in [0.3, 0.4) is 0 Å². The van der Waals surface area contributed by atoms with Crippen molar-refractivity contribution in [2.24, 2.45) is 0 Å². The lowest BCUT2D eigenvalue weighted by Crippen LogP contribution is -2.08. The average Bonchev–Trinajstić information content (AvgIpc) is 2.86. The number of carbonyl (C=O) groups is 1. The van der Waals surface area contributed by atoms with Crippen molar-refractivity contribution in [2.45, 2.75) is 64.7 Å². The molecule has 0 radical (unpaired) electrons. The lowest BCUT2D eigenvalue weighted by Gasteiger charge is -2.08. The van der Waals surface area contributed by atoms with Crippen LogP contribution in [0, 0.1) is 0 Å². The molecule has 174 valence electrons. The zero-order valence-electron chi connectivity index (χ0n) is 19.8. The Balaban J connectivity index is 1.37. The van der Waals surface area contributed by atoms with Crippen molar-refractivity contribution in [2.75, 3.05) is 6.61 Å². The van der Waals surface area contributed by atoms with Gasteiger partial charge in [0, 0.05) is 0 Å². The molecule has 0 amide bonds. The number of hydrogen-bond donors (Lipinski definition) is 0. The summed E-state index contributed by atoms with van der Waals surface area (Å²) in [5, 5.41) is 0. The number of benzene rings is 3. The van der Waals surface area contributed by atoms with Gasteiger partial charge in [-0.15, -0.1) is 0 Å². The zero-order valence-corrected chi connectivity index (χ0v) is 19.8. The number of ether oxygens (including phenoxy) is 2. The first kappa shape index (κ1) is 24.6. The molecule has 0 aromatic heterocycles. The number of unbranched alkanes of at least 4 members (excludes halogenated alkanes) is 8. The Morgan fingerprint density at radius 3 is 1.76 bits per heavy atom. The highest BCUT2D eigenvalue weighted by Crippen LogP contribution is 2.23. The topological polar surface area (TPSA) is 35.5 Å². The van der Waals surface area contributed by atoms with Gasteiger partial charge in [-0.1, -0.05) is 101 Å². The van der Waals surface area contributed by atoms with Crippen LogP contribution in [0.15, 0.2) is 78.9 Å².